The van der Waals surface area contributed by atoms with Crippen molar-refractivity contribution in [1.82, 2.24) is 4.98 Å². The molecule has 0 bridgehead atoms. The van der Waals surface area contributed by atoms with E-state index in [-0.39, 0.29) is 11.0 Å². The van der Waals surface area contributed by atoms with E-state index in [0.717, 1.165) is 5.01 Å². The quantitative estimate of drug-likeness (QED) is 0.866. The molecule has 1 aromatic heterocycles. The van der Waals surface area contributed by atoms with Crippen LogP contribution in [0.25, 0.3) is 11.6 Å². The zero-order valence-electron chi connectivity index (χ0n) is 11.8. The van der Waals surface area contributed by atoms with Crippen LogP contribution in [0.2, 0.25) is 0 Å². The number of rotatable bonds is 3. The van der Waals surface area contributed by atoms with Crippen molar-refractivity contribution in [2.24, 2.45) is 0 Å². The molecular weight excluding hydrogens is 270 g/mol. The molecule has 3 nitrogen and oxygen atoms in total. The number of thiazole rings is 1. The van der Waals surface area contributed by atoms with Crippen LogP contribution in [-0.4, -0.2) is 16.1 Å². The number of carboxylic acid groups (broad SMARTS) is 1. The highest BCUT2D eigenvalue weighted by Gasteiger charge is 2.18. The molecule has 0 aliphatic rings. The maximum Gasteiger partial charge on any atom is 0.336 e. The summed E-state index contributed by atoms with van der Waals surface area (Å²) in [6.07, 6.45) is 1.63. The molecule has 0 unspecified atom stereocenters. The Kier molecular flexibility index (Phi) is 4.04. The van der Waals surface area contributed by atoms with Crippen LogP contribution in [0.5, 0.6) is 0 Å². The van der Waals surface area contributed by atoms with Crippen LogP contribution < -0.4 is 0 Å². The van der Waals surface area contributed by atoms with Gasteiger partial charge in [0.25, 0.3) is 0 Å². The molecule has 20 heavy (non-hydrogen) atoms. The van der Waals surface area contributed by atoms with Gasteiger partial charge in [-0.3, -0.25) is 0 Å². The minimum Gasteiger partial charge on any atom is -0.478 e. The maximum atomic E-state index is 11.4. The van der Waals surface area contributed by atoms with Crippen molar-refractivity contribution in [3.8, 4) is 0 Å². The first-order valence-corrected chi connectivity index (χ1v) is 7.22. The molecule has 0 saturated carbocycles. The molecule has 2 rings (SSSR count). The third-order valence-corrected chi connectivity index (χ3v) is 4.06. The highest BCUT2D eigenvalue weighted by Crippen LogP contribution is 2.27. The van der Waals surface area contributed by atoms with E-state index in [1.165, 1.54) is 0 Å². The van der Waals surface area contributed by atoms with Crippen LogP contribution in [0.4, 0.5) is 0 Å². The van der Waals surface area contributed by atoms with Crippen molar-refractivity contribution >= 4 is 29.0 Å². The van der Waals surface area contributed by atoms with Gasteiger partial charge in [-0.1, -0.05) is 51.1 Å². The standard InChI is InChI=1S/C16H17NO2S/c1-16(2,3)15-17-12(10-20-15)9-13(14(18)19)11-7-5-4-6-8-11/h4-10H,1-3H3,(H,18,19)/b13-9+. The third kappa shape index (κ3) is 3.33. The van der Waals surface area contributed by atoms with Gasteiger partial charge in [0.15, 0.2) is 0 Å². The summed E-state index contributed by atoms with van der Waals surface area (Å²) in [5, 5.41) is 12.3. The third-order valence-electron chi connectivity index (χ3n) is 2.77. The van der Waals surface area contributed by atoms with E-state index in [9.17, 15) is 9.90 Å². The lowest BCUT2D eigenvalue weighted by molar-refractivity contribution is -0.130. The predicted octanol–water partition coefficient (Wildman–Crippen LogP) is 4.07. The van der Waals surface area contributed by atoms with Crippen LogP contribution >= 0.6 is 11.3 Å². The van der Waals surface area contributed by atoms with Crippen molar-refractivity contribution in [3.05, 3.63) is 52.0 Å². The summed E-state index contributed by atoms with van der Waals surface area (Å²) in [6.45, 7) is 6.28. The van der Waals surface area contributed by atoms with Gasteiger partial charge in [0, 0.05) is 10.8 Å². The first-order chi connectivity index (χ1) is 9.38. The first-order valence-electron chi connectivity index (χ1n) is 6.34. The highest BCUT2D eigenvalue weighted by atomic mass is 32.1. The summed E-state index contributed by atoms with van der Waals surface area (Å²) < 4.78 is 0. The number of aliphatic carboxylic acids is 1. The Balaban J connectivity index is 2.40. The second-order valence-corrected chi connectivity index (χ2v) is 6.41. The van der Waals surface area contributed by atoms with Crippen molar-refractivity contribution in [1.29, 1.82) is 0 Å². The van der Waals surface area contributed by atoms with Gasteiger partial charge in [-0.15, -0.1) is 11.3 Å². The topological polar surface area (TPSA) is 50.2 Å². The Labute approximate surface area is 122 Å². The van der Waals surface area contributed by atoms with Gasteiger partial charge < -0.3 is 5.11 Å². The summed E-state index contributed by atoms with van der Waals surface area (Å²) in [7, 11) is 0. The summed E-state index contributed by atoms with van der Waals surface area (Å²) in [5.41, 5.74) is 1.62. The fourth-order valence-electron chi connectivity index (χ4n) is 1.73. The minimum atomic E-state index is -0.943. The Hall–Kier alpha value is -1.94. The monoisotopic (exact) mass is 287 g/mol. The number of carbonyl (C=O) groups is 1. The van der Waals surface area contributed by atoms with Crippen molar-refractivity contribution in [2.75, 3.05) is 0 Å². The number of nitrogens with zero attached hydrogens (tertiary/aromatic N) is 1. The molecule has 0 aliphatic carbocycles. The zero-order valence-corrected chi connectivity index (χ0v) is 12.6. The SMILES string of the molecule is CC(C)(C)c1nc(/C=C(/C(=O)O)c2ccccc2)cs1. The smallest absolute Gasteiger partial charge is 0.336 e. The van der Waals surface area contributed by atoms with Crippen molar-refractivity contribution < 1.29 is 9.90 Å². The van der Waals surface area contributed by atoms with Gasteiger partial charge in [0.05, 0.1) is 16.3 Å². The van der Waals surface area contributed by atoms with Gasteiger partial charge in [-0.25, -0.2) is 9.78 Å². The van der Waals surface area contributed by atoms with E-state index in [2.05, 4.69) is 25.8 Å². The summed E-state index contributed by atoms with van der Waals surface area (Å²) >= 11 is 1.56. The molecule has 0 aliphatic heterocycles. The van der Waals surface area contributed by atoms with Crippen LogP contribution in [0, 0.1) is 0 Å². The average Bonchev–Trinajstić information content (AvgIpc) is 2.85. The van der Waals surface area contributed by atoms with E-state index in [1.807, 2.05) is 23.6 Å². The predicted molar refractivity (Wildman–Crippen MR) is 82.8 cm³/mol. The van der Waals surface area contributed by atoms with Crippen LogP contribution in [-0.2, 0) is 10.2 Å². The molecule has 0 saturated heterocycles. The number of carboxylic acids is 1. The van der Waals surface area contributed by atoms with Gasteiger partial charge in [-0.05, 0) is 11.6 Å². The molecule has 2 aromatic rings. The second-order valence-electron chi connectivity index (χ2n) is 5.56. The van der Waals surface area contributed by atoms with Crippen molar-refractivity contribution in [2.45, 2.75) is 26.2 Å². The maximum absolute atomic E-state index is 11.4. The van der Waals surface area contributed by atoms with Gasteiger partial charge in [0.2, 0.25) is 0 Å². The van der Waals surface area contributed by atoms with Crippen LogP contribution in [0.1, 0.15) is 37.0 Å². The molecule has 0 radical (unpaired) electrons. The number of aromatic nitrogens is 1. The molecule has 1 heterocycles. The number of hydrogen-bond acceptors (Lipinski definition) is 3. The van der Waals surface area contributed by atoms with E-state index in [0.29, 0.717) is 11.3 Å². The van der Waals surface area contributed by atoms with Crippen LogP contribution in [0.3, 0.4) is 0 Å². The first kappa shape index (κ1) is 14.5. The lowest BCUT2D eigenvalue weighted by Gasteiger charge is -2.13. The molecule has 0 fully saturated rings. The van der Waals surface area contributed by atoms with Crippen LogP contribution in [0.15, 0.2) is 35.7 Å². The lowest BCUT2D eigenvalue weighted by Crippen LogP contribution is -2.10. The van der Waals surface area contributed by atoms with Gasteiger partial charge in [0.1, 0.15) is 0 Å². The molecule has 4 heteroatoms. The Morgan fingerprint density at radius 2 is 1.90 bits per heavy atom. The minimum absolute atomic E-state index is 0.0209. The Bertz CT molecular complexity index is 636. The van der Waals surface area contributed by atoms with Gasteiger partial charge >= 0.3 is 5.97 Å². The van der Waals surface area contributed by atoms with E-state index < -0.39 is 5.97 Å². The summed E-state index contributed by atoms with van der Waals surface area (Å²) in [4.78, 5) is 15.9. The molecule has 0 spiro atoms. The average molecular weight is 287 g/mol. The van der Waals surface area contributed by atoms with Crippen molar-refractivity contribution in [3.63, 3.8) is 0 Å². The van der Waals surface area contributed by atoms with E-state index in [1.54, 1.807) is 29.5 Å². The molecule has 0 amide bonds. The second kappa shape index (κ2) is 5.59. The van der Waals surface area contributed by atoms with Gasteiger partial charge in [-0.2, -0.15) is 0 Å². The highest BCUT2D eigenvalue weighted by molar-refractivity contribution is 7.09. The van der Waals surface area contributed by atoms with E-state index in [4.69, 9.17) is 0 Å². The number of hydrogen-bond donors (Lipinski definition) is 1. The Morgan fingerprint density at radius 3 is 2.40 bits per heavy atom. The lowest BCUT2D eigenvalue weighted by atomic mass is 9.98. The fourth-order valence-corrected chi connectivity index (χ4v) is 2.60. The molecule has 104 valence electrons. The fraction of sp³-hybridized carbons (Fsp3) is 0.250. The molecule has 1 N–H and O–H groups in total. The molecular formula is C16H17NO2S. The zero-order chi connectivity index (χ0) is 14.8. The normalized spacial score (nSPS) is 12.4. The number of benzene rings is 1. The molecule has 0 atom stereocenters. The molecule has 1 aromatic carbocycles. The summed E-state index contributed by atoms with van der Waals surface area (Å²) in [6, 6.07) is 9.10. The summed E-state index contributed by atoms with van der Waals surface area (Å²) in [5.74, 6) is -0.943. The Morgan fingerprint density at radius 1 is 1.25 bits per heavy atom. The van der Waals surface area contributed by atoms with E-state index >= 15 is 0 Å². The largest absolute Gasteiger partial charge is 0.478 e.